The van der Waals surface area contributed by atoms with E-state index in [0.29, 0.717) is 5.92 Å². The van der Waals surface area contributed by atoms with Crippen molar-refractivity contribution in [3.63, 3.8) is 0 Å². The molecule has 2 bridgehead atoms. The predicted octanol–water partition coefficient (Wildman–Crippen LogP) is 2.94. The zero-order chi connectivity index (χ0) is 12.8. The Morgan fingerprint density at radius 2 is 2.26 bits per heavy atom. The van der Waals surface area contributed by atoms with Gasteiger partial charge in [0.05, 0.1) is 11.7 Å². The van der Waals surface area contributed by atoms with Crippen LogP contribution in [0.15, 0.2) is 24.4 Å². The van der Waals surface area contributed by atoms with E-state index in [0.717, 1.165) is 28.9 Å². The highest BCUT2D eigenvalue weighted by atomic mass is 16.1. The molecule has 2 fully saturated rings. The summed E-state index contributed by atoms with van der Waals surface area (Å²) >= 11 is 0. The molecule has 0 spiro atoms. The average molecular weight is 255 g/mol. The van der Waals surface area contributed by atoms with E-state index in [9.17, 15) is 4.79 Å². The lowest BCUT2D eigenvalue weighted by atomic mass is 9.88. The van der Waals surface area contributed by atoms with Gasteiger partial charge in [0, 0.05) is 17.0 Å². The molecule has 2 saturated carbocycles. The van der Waals surface area contributed by atoms with Crippen molar-refractivity contribution in [2.45, 2.75) is 25.7 Å². The van der Waals surface area contributed by atoms with E-state index in [-0.39, 0.29) is 11.8 Å². The standard InChI is InChI=1S/C15H17N3O/c19-15(13-6-9-1-2-10(13)5-9)17-12-3-4-14-11(7-12)8-16-18-14/h3-4,7-10,13H,1-2,5-6H2,(H,16,18)(H,17,19). The summed E-state index contributed by atoms with van der Waals surface area (Å²) in [4.78, 5) is 12.3. The minimum absolute atomic E-state index is 0.204. The molecule has 1 aromatic heterocycles. The SMILES string of the molecule is O=C(Nc1ccc2[nH]ncc2c1)C1CC2CCC1C2. The minimum atomic E-state index is 0.204. The molecular formula is C15H17N3O. The highest BCUT2D eigenvalue weighted by Gasteiger charge is 2.42. The van der Waals surface area contributed by atoms with Crippen LogP contribution in [-0.2, 0) is 4.79 Å². The highest BCUT2D eigenvalue weighted by Crippen LogP contribution is 2.48. The maximum absolute atomic E-state index is 12.3. The quantitative estimate of drug-likeness (QED) is 0.866. The van der Waals surface area contributed by atoms with Gasteiger partial charge >= 0.3 is 0 Å². The van der Waals surface area contributed by atoms with Crippen molar-refractivity contribution >= 4 is 22.5 Å². The van der Waals surface area contributed by atoms with Crippen LogP contribution in [-0.4, -0.2) is 16.1 Å². The summed E-state index contributed by atoms with van der Waals surface area (Å²) in [5.41, 5.74) is 1.87. The molecule has 4 nitrogen and oxygen atoms in total. The number of hydrogen-bond donors (Lipinski definition) is 2. The first-order valence-corrected chi connectivity index (χ1v) is 7.03. The Morgan fingerprint density at radius 3 is 3.05 bits per heavy atom. The molecule has 3 atom stereocenters. The summed E-state index contributed by atoms with van der Waals surface area (Å²) < 4.78 is 0. The molecule has 0 aliphatic heterocycles. The molecule has 19 heavy (non-hydrogen) atoms. The van der Waals surface area contributed by atoms with Crippen LogP contribution < -0.4 is 5.32 Å². The molecule has 1 aromatic carbocycles. The number of benzene rings is 1. The second kappa shape index (κ2) is 4.08. The lowest BCUT2D eigenvalue weighted by Gasteiger charge is -2.20. The summed E-state index contributed by atoms with van der Waals surface area (Å²) in [5, 5.41) is 11.0. The van der Waals surface area contributed by atoms with Crippen LogP contribution in [0.5, 0.6) is 0 Å². The zero-order valence-electron chi connectivity index (χ0n) is 10.7. The fourth-order valence-corrected chi connectivity index (χ4v) is 3.82. The fourth-order valence-electron chi connectivity index (χ4n) is 3.82. The van der Waals surface area contributed by atoms with Gasteiger partial charge in [-0.2, -0.15) is 5.10 Å². The van der Waals surface area contributed by atoms with Crippen molar-refractivity contribution in [3.8, 4) is 0 Å². The van der Waals surface area contributed by atoms with E-state index < -0.39 is 0 Å². The Labute approximate surface area is 111 Å². The number of aromatic amines is 1. The number of hydrogen-bond acceptors (Lipinski definition) is 2. The molecule has 1 heterocycles. The number of nitrogens with zero attached hydrogens (tertiary/aromatic N) is 1. The van der Waals surface area contributed by atoms with Crippen molar-refractivity contribution in [2.75, 3.05) is 5.32 Å². The molecule has 1 amide bonds. The Kier molecular flexibility index (Phi) is 2.37. The molecule has 4 heteroatoms. The van der Waals surface area contributed by atoms with E-state index in [1.54, 1.807) is 6.20 Å². The maximum Gasteiger partial charge on any atom is 0.227 e. The van der Waals surface area contributed by atoms with E-state index >= 15 is 0 Å². The van der Waals surface area contributed by atoms with Gasteiger partial charge in [-0.25, -0.2) is 0 Å². The van der Waals surface area contributed by atoms with E-state index in [1.165, 1.54) is 19.3 Å². The van der Waals surface area contributed by atoms with Gasteiger partial charge in [-0.3, -0.25) is 9.89 Å². The van der Waals surface area contributed by atoms with Crippen LogP contribution in [0.2, 0.25) is 0 Å². The largest absolute Gasteiger partial charge is 0.326 e. The Balaban J connectivity index is 1.52. The first-order chi connectivity index (χ1) is 9.29. The number of amides is 1. The zero-order valence-corrected chi connectivity index (χ0v) is 10.7. The number of aromatic nitrogens is 2. The number of anilines is 1. The summed E-state index contributed by atoms with van der Waals surface area (Å²) in [6.07, 6.45) is 6.70. The third-order valence-electron chi connectivity index (χ3n) is 4.78. The molecule has 98 valence electrons. The Morgan fingerprint density at radius 1 is 1.32 bits per heavy atom. The van der Waals surface area contributed by atoms with Gasteiger partial charge in [0.15, 0.2) is 0 Å². The minimum Gasteiger partial charge on any atom is -0.326 e. The number of fused-ring (bicyclic) bond motifs is 3. The van der Waals surface area contributed by atoms with Gasteiger partial charge in [0.2, 0.25) is 5.91 Å². The average Bonchev–Trinajstić information content (AvgIpc) is 3.13. The molecule has 2 aliphatic rings. The molecule has 2 N–H and O–H groups in total. The molecule has 4 rings (SSSR count). The van der Waals surface area contributed by atoms with E-state index in [2.05, 4.69) is 15.5 Å². The van der Waals surface area contributed by atoms with Gasteiger partial charge < -0.3 is 5.32 Å². The van der Waals surface area contributed by atoms with Crippen LogP contribution in [0.25, 0.3) is 10.9 Å². The summed E-state index contributed by atoms with van der Waals surface area (Å²) in [6, 6.07) is 5.87. The van der Waals surface area contributed by atoms with Crippen molar-refractivity contribution in [1.29, 1.82) is 0 Å². The van der Waals surface area contributed by atoms with Crippen LogP contribution in [0.3, 0.4) is 0 Å². The molecule has 0 radical (unpaired) electrons. The summed E-state index contributed by atoms with van der Waals surface area (Å²) in [7, 11) is 0. The van der Waals surface area contributed by atoms with Gasteiger partial charge in [-0.1, -0.05) is 6.42 Å². The van der Waals surface area contributed by atoms with Crippen molar-refractivity contribution in [2.24, 2.45) is 17.8 Å². The Hall–Kier alpha value is -1.84. The summed E-state index contributed by atoms with van der Waals surface area (Å²) in [6.45, 7) is 0. The van der Waals surface area contributed by atoms with Crippen molar-refractivity contribution in [1.82, 2.24) is 10.2 Å². The van der Waals surface area contributed by atoms with Gasteiger partial charge in [-0.05, 0) is 49.3 Å². The third kappa shape index (κ3) is 1.82. The van der Waals surface area contributed by atoms with Crippen molar-refractivity contribution in [3.05, 3.63) is 24.4 Å². The smallest absolute Gasteiger partial charge is 0.227 e. The summed E-state index contributed by atoms with van der Waals surface area (Å²) in [5.74, 6) is 1.87. The predicted molar refractivity (Wildman–Crippen MR) is 73.7 cm³/mol. The monoisotopic (exact) mass is 255 g/mol. The molecule has 2 aliphatic carbocycles. The lowest BCUT2D eigenvalue weighted by molar-refractivity contribution is -0.121. The number of rotatable bonds is 2. The second-order valence-electron chi connectivity index (χ2n) is 5.94. The maximum atomic E-state index is 12.3. The number of nitrogens with one attached hydrogen (secondary N) is 2. The lowest BCUT2D eigenvalue weighted by Crippen LogP contribution is -2.27. The van der Waals surface area contributed by atoms with E-state index in [4.69, 9.17) is 0 Å². The Bertz CT molecular complexity index is 633. The third-order valence-corrected chi connectivity index (χ3v) is 4.78. The molecular weight excluding hydrogens is 238 g/mol. The van der Waals surface area contributed by atoms with Crippen LogP contribution in [0.4, 0.5) is 5.69 Å². The van der Waals surface area contributed by atoms with Gasteiger partial charge in [0.25, 0.3) is 0 Å². The van der Waals surface area contributed by atoms with E-state index in [1.807, 2.05) is 18.2 Å². The van der Waals surface area contributed by atoms with Gasteiger partial charge in [0.1, 0.15) is 0 Å². The van der Waals surface area contributed by atoms with Gasteiger partial charge in [-0.15, -0.1) is 0 Å². The second-order valence-corrected chi connectivity index (χ2v) is 5.94. The first kappa shape index (κ1) is 11.0. The number of H-pyrrole nitrogens is 1. The van der Waals surface area contributed by atoms with Crippen LogP contribution >= 0.6 is 0 Å². The molecule has 2 aromatic rings. The van der Waals surface area contributed by atoms with Crippen molar-refractivity contribution < 1.29 is 4.79 Å². The number of carbonyl (C=O) groups excluding carboxylic acids is 1. The fraction of sp³-hybridized carbons (Fsp3) is 0.467. The molecule has 0 saturated heterocycles. The van der Waals surface area contributed by atoms with Crippen LogP contribution in [0, 0.1) is 17.8 Å². The highest BCUT2D eigenvalue weighted by molar-refractivity contribution is 5.95. The molecule has 3 unspecified atom stereocenters. The first-order valence-electron chi connectivity index (χ1n) is 7.03. The number of carbonyl (C=O) groups is 1. The topological polar surface area (TPSA) is 57.8 Å². The van der Waals surface area contributed by atoms with Crippen LogP contribution in [0.1, 0.15) is 25.7 Å². The normalized spacial score (nSPS) is 28.9.